The molecule has 2 unspecified atom stereocenters. The largest absolute Gasteiger partial charge is 0.408 e. The molecule has 222 valence electrons. The lowest BCUT2D eigenvalue weighted by Gasteiger charge is -2.46. The molecule has 4 aromatic rings. The summed E-state index contributed by atoms with van der Waals surface area (Å²) in [5.41, 5.74) is 10.8. The Labute approximate surface area is 264 Å². The summed E-state index contributed by atoms with van der Waals surface area (Å²) in [7, 11) is -4.67. The first-order chi connectivity index (χ1) is 21.0. The molecule has 1 fully saturated rings. The Morgan fingerprint density at radius 1 is 0.864 bits per heavy atom. The zero-order valence-electron chi connectivity index (χ0n) is 26.6. The van der Waals surface area contributed by atoms with Gasteiger partial charge < -0.3 is 10.5 Å². The molecule has 0 radical (unpaired) electrons. The summed E-state index contributed by atoms with van der Waals surface area (Å²) in [6, 6.07) is 34.2. The minimum atomic E-state index is -2.51. The molecule has 0 aromatic heterocycles. The number of carbonyl (C=O) groups is 2. The Morgan fingerprint density at radius 2 is 1.43 bits per heavy atom. The number of fused-ring (bicyclic) bond motifs is 1. The highest BCUT2D eigenvalue weighted by Crippen LogP contribution is 2.45. The summed E-state index contributed by atoms with van der Waals surface area (Å²) in [5.74, 6) is 0.315. The van der Waals surface area contributed by atoms with E-state index in [2.05, 4.69) is 142 Å². The van der Waals surface area contributed by atoms with Crippen LogP contribution in [0.1, 0.15) is 37.4 Å². The van der Waals surface area contributed by atoms with Crippen LogP contribution in [0.15, 0.2) is 103 Å². The molecule has 4 aromatic carbocycles. The van der Waals surface area contributed by atoms with Crippen LogP contribution in [0.4, 0.5) is 9.59 Å². The summed E-state index contributed by atoms with van der Waals surface area (Å²) in [5, 5.41) is 6.70. The van der Waals surface area contributed by atoms with Crippen molar-refractivity contribution in [3.8, 4) is 33.4 Å². The van der Waals surface area contributed by atoms with Gasteiger partial charge in [-0.05, 0) is 80.6 Å². The van der Waals surface area contributed by atoms with Crippen molar-refractivity contribution in [2.24, 2.45) is 5.92 Å². The van der Waals surface area contributed by atoms with Crippen molar-refractivity contribution in [3.05, 3.63) is 114 Å². The smallest absolute Gasteiger partial charge is 0.254 e. The molecule has 6 rings (SSSR count). The van der Waals surface area contributed by atoms with Gasteiger partial charge in [0.1, 0.15) is 15.9 Å². The maximum Gasteiger partial charge on any atom is 0.254 e. The average Bonchev–Trinajstić information content (AvgIpc) is 3.42. The van der Waals surface area contributed by atoms with Gasteiger partial charge in [-0.15, -0.1) is 0 Å². The lowest BCUT2D eigenvalue weighted by Crippen LogP contribution is -2.87. The lowest BCUT2D eigenvalue weighted by molar-refractivity contribution is 0.256. The van der Waals surface area contributed by atoms with E-state index in [9.17, 15) is 9.59 Å². The average molecular weight is 613 g/mol. The SMILES string of the molecule is CCC(C)C1=Cc2cccc(-c3cc(-c4ccccc4)cc(-c4ccccc4)c3)c2C1NC(=O)[Si](C)(C)B1NC(=O)[Si]1(C)C. The molecule has 2 atom stereocenters. The zero-order valence-corrected chi connectivity index (χ0v) is 28.6. The molecule has 2 aliphatic rings. The third-order valence-electron chi connectivity index (χ3n) is 9.89. The summed E-state index contributed by atoms with van der Waals surface area (Å²) in [6.07, 6.45) is 3.29. The van der Waals surface area contributed by atoms with Crippen LogP contribution < -0.4 is 10.5 Å². The quantitative estimate of drug-likeness (QED) is 0.195. The summed E-state index contributed by atoms with van der Waals surface area (Å²) < 4.78 is 0. The number of hydrogen-bond donors (Lipinski definition) is 2. The molecule has 2 amide bonds. The second-order valence-corrected chi connectivity index (χ2v) is 23.1. The molecular weight excluding hydrogens is 571 g/mol. The first-order valence-corrected chi connectivity index (χ1v) is 21.9. The van der Waals surface area contributed by atoms with E-state index >= 15 is 0 Å². The Balaban J connectivity index is 1.47. The molecule has 1 aliphatic carbocycles. The van der Waals surface area contributed by atoms with Gasteiger partial charge in [0.05, 0.1) is 6.04 Å². The van der Waals surface area contributed by atoms with Gasteiger partial charge in [0, 0.05) is 0 Å². The van der Waals surface area contributed by atoms with E-state index in [-0.39, 0.29) is 23.1 Å². The normalized spacial score (nSPS) is 17.7. The van der Waals surface area contributed by atoms with Gasteiger partial charge in [0.25, 0.3) is 6.03 Å². The van der Waals surface area contributed by atoms with E-state index in [1.165, 1.54) is 27.8 Å². The maximum atomic E-state index is 14.2. The summed E-state index contributed by atoms with van der Waals surface area (Å²) >= 11 is 0. The highest BCUT2D eigenvalue weighted by atomic mass is 28.4. The van der Waals surface area contributed by atoms with Gasteiger partial charge in [0.15, 0.2) is 11.1 Å². The fraction of sp³-hybridized carbons (Fsp3) is 0.243. The van der Waals surface area contributed by atoms with Crippen LogP contribution in [-0.4, -0.2) is 33.0 Å². The minimum absolute atomic E-state index is 0.0330. The van der Waals surface area contributed by atoms with E-state index in [1.807, 2.05) is 12.1 Å². The number of carbonyl (C=O) groups excluding carboxylic acids is 2. The molecule has 0 spiro atoms. The Kier molecular flexibility index (Phi) is 7.89. The second kappa shape index (κ2) is 11.5. The van der Waals surface area contributed by atoms with Crippen molar-refractivity contribution >= 4 is 39.1 Å². The van der Waals surface area contributed by atoms with Crippen molar-refractivity contribution in [3.63, 3.8) is 0 Å². The van der Waals surface area contributed by atoms with Crippen molar-refractivity contribution in [2.45, 2.75) is 52.5 Å². The van der Waals surface area contributed by atoms with E-state index in [0.29, 0.717) is 5.92 Å². The van der Waals surface area contributed by atoms with Gasteiger partial charge in [-0.3, -0.25) is 9.59 Å². The molecule has 44 heavy (non-hydrogen) atoms. The Bertz CT molecular complexity index is 1710. The third kappa shape index (κ3) is 5.22. The zero-order chi connectivity index (χ0) is 31.2. The monoisotopic (exact) mass is 612 g/mol. The molecule has 2 N–H and O–H groups in total. The van der Waals surface area contributed by atoms with E-state index < -0.39 is 15.9 Å². The van der Waals surface area contributed by atoms with Crippen LogP contribution in [0.25, 0.3) is 39.5 Å². The van der Waals surface area contributed by atoms with Crippen LogP contribution in [0.5, 0.6) is 0 Å². The first-order valence-electron chi connectivity index (χ1n) is 15.7. The Morgan fingerprint density at radius 3 is 1.95 bits per heavy atom. The first kappa shape index (κ1) is 30.1. The highest BCUT2D eigenvalue weighted by molar-refractivity contribution is 7.75. The van der Waals surface area contributed by atoms with Crippen LogP contribution in [-0.2, 0) is 0 Å². The molecule has 4 nitrogen and oxygen atoms in total. The van der Waals surface area contributed by atoms with Crippen molar-refractivity contribution in [2.75, 3.05) is 0 Å². The Hall–Kier alpha value is -3.94. The van der Waals surface area contributed by atoms with Crippen molar-refractivity contribution in [1.29, 1.82) is 0 Å². The van der Waals surface area contributed by atoms with E-state index in [0.717, 1.165) is 28.7 Å². The second-order valence-electron chi connectivity index (χ2n) is 13.5. The fourth-order valence-corrected chi connectivity index (χ4v) is 17.5. The standard InChI is InChI=1S/C37H41BN2O2Si2/c1-7-25(2)33-24-28-19-14-20-32(34(28)35(33)39-36(41)43(3,4)38-40-37(42)44(38,5)6)31-22-29(26-15-10-8-11-16-26)21-30(23-31)27-17-12-9-13-18-27/h8-25,35H,7H2,1-6H3,(H,39,41)(H,40,42). The van der Waals surface area contributed by atoms with Crippen LogP contribution >= 0.6 is 0 Å². The number of hydrogen-bond acceptors (Lipinski definition) is 2. The molecular formula is C37H41BN2O2Si2. The molecule has 1 heterocycles. The maximum absolute atomic E-state index is 14.2. The number of nitrogens with one attached hydrogen (secondary N) is 2. The molecule has 0 bridgehead atoms. The predicted molar refractivity (Wildman–Crippen MR) is 191 cm³/mol. The lowest BCUT2D eigenvalue weighted by atomic mass is 9.87. The summed E-state index contributed by atoms with van der Waals surface area (Å²) in [6.45, 7) is 12.9. The molecule has 1 saturated heterocycles. The number of amides is 2. The van der Waals surface area contributed by atoms with E-state index in [4.69, 9.17) is 0 Å². The van der Waals surface area contributed by atoms with Gasteiger partial charge in [-0.1, -0.05) is 125 Å². The molecule has 0 saturated carbocycles. The van der Waals surface area contributed by atoms with Crippen molar-refractivity contribution < 1.29 is 9.59 Å². The topological polar surface area (TPSA) is 58.2 Å². The predicted octanol–water partition coefficient (Wildman–Crippen LogP) is 9.33. The van der Waals surface area contributed by atoms with Crippen molar-refractivity contribution in [1.82, 2.24) is 10.5 Å². The fourth-order valence-electron chi connectivity index (χ4n) is 6.99. The molecule has 1 aliphatic heterocycles. The van der Waals surface area contributed by atoms with E-state index in [1.54, 1.807) is 0 Å². The minimum Gasteiger partial charge on any atom is -0.408 e. The van der Waals surface area contributed by atoms with Crippen LogP contribution in [0, 0.1) is 5.92 Å². The molecule has 7 heteroatoms. The number of benzene rings is 4. The van der Waals surface area contributed by atoms with Gasteiger partial charge in [-0.25, -0.2) is 0 Å². The van der Waals surface area contributed by atoms with Gasteiger partial charge >= 0.3 is 0 Å². The van der Waals surface area contributed by atoms with Crippen LogP contribution in [0.2, 0.25) is 26.2 Å². The van der Waals surface area contributed by atoms with Crippen LogP contribution in [0.3, 0.4) is 0 Å². The number of rotatable bonds is 8. The third-order valence-corrected chi connectivity index (χ3v) is 20.0. The highest BCUT2D eigenvalue weighted by Gasteiger charge is 2.63. The summed E-state index contributed by atoms with van der Waals surface area (Å²) in [4.78, 5) is 26.6. The van der Waals surface area contributed by atoms with Gasteiger partial charge in [0.2, 0.25) is 0 Å². The van der Waals surface area contributed by atoms with Gasteiger partial charge in [-0.2, -0.15) is 0 Å².